The molecule has 2 N–H and O–H groups in total. The summed E-state index contributed by atoms with van der Waals surface area (Å²) in [5, 5.41) is 19.5. The van der Waals surface area contributed by atoms with Crippen LogP contribution in [0.25, 0.3) is 10.5 Å². The minimum absolute atomic E-state index is 0.0854. The van der Waals surface area contributed by atoms with Crippen molar-refractivity contribution in [1.82, 2.24) is 24.8 Å². The number of ether oxygens (including phenoxy) is 2. The molecular formula is C22H22N8O3. The molecule has 0 radical (unpaired) electrons. The Morgan fingerprint density at radius 2 is 1.94 bits per heavy atom. The Balaban J connectivity index is 1.86. The van der Waals surface area contributed by atoms with E-state index in [1.54, 1.807) is 6.92 Å². The van der Waals surface area contributed by atoms with Crippen molar-refractivity contribution in [2.24, 2.45) is 10.2 Å². The van der Waals surface area contributed by atoms with Gasteiger partial charge in [-0.15, -0.1) is 10.2 Å². The number of hydrogen-bond donors (Lipinski definition) is 2. The summed E-state index contributed by atoms with van der Waals surface area (Å²) in [5.41, 5.74) is 1.28. The van der Waals surface area contributed by atoms with Gasteiger partial charge in [0.05, 0.1) is 13.2 Å². The fourth-order valence-electron chi connectivity index (χ4n) is 3.26. The Morgan fingerprint density at radius 3 is 2.61 bits per heavy atom. The number of aromatic amines is 2. The minimum Gasteiger partial charge on any atom is -0.476 e. The zero-order chi connectivity index (χ0) is 23.4. The van der Waals surface area contributed by atoms with Crippen LogP contribution >= 0.6 is 0 Å². The molecule has 11 heteroatoms. The molecule has 4 rings (SSSR count). The second-order valence-electron chi connectivity index (χ2n) is 6.89. The van der Waals surface area contributed by atoms with Gasteiger partial charge in [-0.05, 0) is 31.9 Å². The van der Waals surface area contributed by atoms with Gasteiger partial charge in [0, 0.05) is 5.69 Å². The quantitative estimate of drug-likeness (QED) is 0.290. The maximum Gasteiger partial charge on any atom is 0.283 e. The van der Waals surface area contributed by atoms with E-state index in [1.807, 2.05) is 44.2 Å². The number of benzene rings is 1. The second kappa shape index (κ2) is 9.35. The maximum atomic E-state index is 13.0. The highest BCUT2D eigenvalue weighted by molar-refractivity contribution is 5.66. The number of fused-ring (bicyclic) bond motifs is 1. The second-order valence-corrected chi connectivity index (χ2v) is 6.89. The van der Waals surface area contributed by atoms with Crippen molar-refractivity contribution >= 4 is 22.8 Å². The van der Waals surface area contributed by atoms with E-state index in [4.69, 9.17) is 16.0 Å². The summed E-state index contributed by atoms with van der Waals surface area (Å²) < 4.78 is 13.2. The topological polar surface area (TPSA) is 126 Å². The SMILES string of the molecule is [C-]#[N+]c1c(N=Nc2c(OCC)n3nc(CC)c(Oc4ccccc4)c3[nH]c2=O)n[nH]c1CC. The first-order valence-corrected chi connectivity index (χ1v) is 10.5. The van der Waals surface area contributed by atoms with Gasteiger partial charge in [0.2, 0.25) is 11.5 Å². The number of aryl methyl sites for hydroxylation is 2. The summed E-state index contributed by atoms with van der Waals surface area (Å²) in [5.74, 6) is 1.27. The Labute approximate surface area is 188 Å². The molecule has 0 saturated heterocycles. The molecule has 0 atom stereocenters. The van der Waals surface area contributed by atoms with E-state index in [9.17, 15) is 4.79 Å². The molecule has 0 fully saturated rings. The number of nitrogens with zero attached hydrogens (tertiary/aromatic N) is 6. The van der Waals surface area contributed by atoms with Crippen LogP contribution in [-0.2, 0) is 12.8 Å². The summed E-state index contributed by atoms with van der Waals surface area (Å²) in [6.45, 7) is 13.3. The number of azo groups is 1. The van der Waals surface area contributed by atoms with Crippen LogP contribution in [0.4, 0.5) is 17.2 Å². The van der Waals surface area contributed by atoms with Crippen LogP contribution in [-0.4, -0.2) is 31.4 Å². The first-order chi connectivity index (χ1) is 16.1. The maximum absolute atomic E-state index is 13.0. The van der Waals surface area contributed by atoms with Crippen LogP contribution in [0.2, 0.25) is 0 Å². The molecule has 4 aromatic rings. The molecule has 0 unspecified atom stereocenters. The lowest BCUT2D eigenvalue weighted by Gasteiger charge is -2.08. The van der Waals surface area contributed by atoms with E-state index in [0.29, 0.717) is 41.4 Å². The van der Waals surface area contributed by atoms with Crippen molar-refractivity contribution in [3.8, 4) is 17.4 Å². The average molecular weight is 446 g/mol. The van der Waals surface area contributed by atoms with Gasteiger partial charge in [0.1, 0.15) is 11.4 Å². The average Bonchev–Trinajstić information content (AvgIpc) is 3.39. The molecule has 168 valence electrons. The number of hydrogen-bond acceptors (Lipinski definition) is 7. The van der Waals surface area contributed by atoms with Crippen LogP contribution in [0, 0.1) is 6.57 Å². The molecular weight excluding hydrogens is 424 g/mol. The molecule has 0 aliphatic rings. The number of rotatable bonds is 8. The lowest BCUT2D eigenvalue weighted by Crippen LogP contribution is -2.12. The highest BCUT2D eigenvalue weighted by atomic mass is 16.5. The number of H-pyrrole nitrogens is 2. The first-order valence-electron chi connectivity index (χ1n) is 10.5. The van der Waals surface area contributed by atoms with Crippen LogP contribution in [0.5, 0.6) is 17.4 Å². The van der Waals surface area contributed by atoms with Crippen LogP contribution < -0.4 is 15.0 Å². The van der Waals surface area contributed by atoms with Crippen LogP contribution in [0.15, 0.2) is 45.4 Å². The molecule has 0 amide bonds. The molecule has 11 nitrogen and oxygen atoms in total. The highest BCUT2D eigenvalue weighted by Crippen LogP contribution is 2.35. The van der Waals surface area contributed by atoms with E-state index < -0.39 is 5.56 Å². The van der Waals surface area contributed by atoms with E-state index in [2.05, 4.69) is 35.4 Å². The van der Waals surface area contributed by atoms with Gasteiger partial charge in [-0.25, -0.2) is 4.85 Å². The third-order valence-electron chi connectivity index (χ3n) is 4.84. The Bertz CT molecular complexity index is 1410. The predicted octanol–water partition coefficient (Wildman–Crippen LogP) is 5.03. The number of aromatic nitrogens is 5. The van der Waals surface area contributed by atoms with Crippen molar-refractivity contribution < 1.29 is 9.47 Å². The fraction of sp³-hybridized carbons (Fsp3) is 0.273. The largest absolute Gasteiger partial charge is 0.476 e. The van der Waals surface area contributed by atoms with E-state index in [-0.39, 0.29) is 29.7 Å². The minimum atomic E-state index is -0.536. The normalized spacial score (nSPS) is 11.2. The molecule has 0 bridgehead atoms. The van der Waals surface area contributed by atoms with Crippen molar-refractivity contribution in [3.63, 3.8) is 0 Å². The summed E-state index contributed by atoms with van der Waals surface area (Å²) in [6.07, 6.45) is 1.16. The van der Waals surface area contributed by atoms with Gasteiger partial charge in [0.25, 0.3) is 17.1 Å². The Morgan fingerprint density at radius 1 is 1.15 bits per heavy atom. The highest BCUT2D eigenvalue weighted by Gasteiger charge is 2.23. The van der Waals surface area contributed by atoms with Gasteiger partial charge < -0.3 is 14.5 Å². The van der Waals surface area contributed by atoms with E-state index in [1.165, 1.54) is 4.52 Å². The van der Waals surface area contributed by atoms with E-state index in [0.717, 1.165) is 0 Å². The molecule has 0 aliphatic heterocycles. The molecule has 3 aromatic heterocycles. The summed E-state index contributed by atoms with van der Waals surface area (Å²) in [7, 11) is 0. The molecule has 1 aromatic carbocycles. The standard InChI is InChI=1S/C22H22N8O3/c1-5-14-16(23-4)19(27-25-14)28-26-17-21(31)24-20-18(33-13-11-9-8-10-12-13)15(6-2)29-30(20)22(17)32-7-3/h8-12H,5-7H2,1-3H3,(H,24,31)(H,25,27). The molecule has 0 saturated carbocycles. The zero-order valence-corrected chi connectivity index (χ0v) is 18.4. The van der Waals surface area contributed by atoms with Crippen LogP contribution in [0.3, 0.4) is 0 Å². The third-order valence-corrected chi connectivity index (χ3v) is 4.84. The smallest absolute Gasteiger partial charge is 0.283 e. The first kappa shape index (κ1) is 21.8. The molecule has 33 heavy (non-hydrogen) atoms. The molecule has 0 aliphatic carbocycles. The Hall–Kier alpha value is -4.46. The van der Waals surface area contributed by atoms with Gasteiger partial charge in [-0.2, -0.15) is 14.7 Å². The summed E-state index contributed by atoms with van der Waals surface area (Å²) in [4.78, 5) is 19.2. The molecule has 3 heterocycles. The molecule has 0 spiro atoms. The van der Waals surface area contributed by atoms with Gasteiger partial charge >= 0.3 is 0 Å². The predicted molar refractivity (Wildman–Crippen MR) is 121 cm³/mol. The van der Waals surface area contributed by atoms with E-state index >= 15 is 0 Å². The summed E-state index contributed by atoms with van der Waals surface area (Å²) in [6, 6.07) is 9.23. The van der Waals surface area contributed by atoms with Crippen molar-refractivity contribution in [3.05, 3.63) is 63.5 Å². The number of para-hydroxylation sites is 1. The lowest BCUT2D eigenvalue weighted by molar-refractivity contribution is 0.318. The number of nitrogens with one attached hydrogen (secondary N) is 2. The van der Waals surface area contributed by atoms with Gasteiger partial charge in [0.15, 0.2) is 11.4 Å². The van der Waals surface area contributed by atoms with Crippen molar-refractivity contribution in [2.75, 3.05) is 6.61 Å². The fourth-order valence-corrected chi connectivity index (χ4v) is 3.26. The third kappa shape index (κ3) is 4.06. The summed E-state index contributed by atoms with van der Waals surface area (Å²) >= 11 is 0. The lowest BCUT2D eigenvalue weighted by atomic mass is 10.3. The van der Waals surface area contributed by atoms with Crippen molar-refractivity contribution in [2.45, 2.75) is 33.6 Å². The zero-order valence-electron chi connectivity index (χ0n) is 18.4. The van der Waals surface area contributed by atoms with Crippen molar-refractivity contribution in [1.29, 1.82) is 0 Å². The van der Waals surface area contributed by atoms with Gasteiger partial charge in [-0.1, -0.05) is 32.0 Å². The monoisotopic (exact) mass is 446 g/mol. The van der Waals surface area contributed by atoms with Gasteiger partial charge in [-0.3, -0.25) is 9.89 Å². The van der Waals surface area contributed by atoms with Crippen LogP contribution in [0.1, 0.15) is 32.2 Å². The Kier molecular flexibility index (Phi) is 6.17.